The molecule has 4 rings (SSSR count). The standard InChI is InChI=1S/C21H19N3O4/c1-12-6-5-7-13-10-15(21(27-4)22-18(12)13)19-23-20(28-24-19)14-8-9-16(25-2)17(11-14)26-3/h5-11H,1-4H3. The Morgan fingerprint density at radius 3 is 2.43 bits per heavy atom. The van der Waals surface area contributed by atoms with Crippen molar-refractivity contribution in [3.8, 4) is 40.2 Å². The highest BCUT2D eigenvalue weighted by Crippen LogP contribution is 2.34. The van der Waals surface area contributed by atoms with E-state index >= 15 is 0 Å². The van der Waals surface area contributed by atoms with Gasteiger partial charge in [-0.2, -0.15) is 4.98 Å². The molecule has 0 radical (unpaired) electrons. The van der Waals surface area contributed by atoms with E-state index in [1.165, 1.54) is 0 Å². The van der Waals surface area contributed by atoms with Gasteiger partial charge in [0.25, 0.3) is 5.89 Å². The van der Waals surface area contributed by atoms with Crippen molar-refractivity contribution in [3.63, 3.8) is 0 Å². The Hall–Kier alpha value is -3.61. The highest BCUT2D eigenvalue weighted by atomic mass is 16.5. The summed E-state index contributed by atoms with van der Waals surface area (Å²) >= 11 is 0. The van der Waals surface area contributed by atoms with Crippen LogP contribution in [0.2, 0.25) is 0 Å². The Labute approximate surface area is 161 Å². The molecule has 2 aromatic carbocycles. The molecule has 0 fully saturated rings. The monoisotopic (exact) mass is 377 g/mol. The highest BCUT2D eigenvalue weighted by Gasteiger charge is 2.18. The molecule has 142 valence electrons. The first-order chi connectivity index (χ1) is 13.6. The smallest absolute Gasteiger partial charge is 0.258 e. The average molecular weight is 377 g/mol. The zero-order chi connectivity index (χ0) is 19.7. The summed E-state index contributed by atoms with van der Waals surface area (Å²) in [5, 5.41) is 5.10. The summed E-state index contributed by atoms with van der Waals surface area (Å²) in [6.07, 6.45) is 0. The maximum atomic E-state index is 5.48. The van der Waals surface area contributed by atoms with Crippen LogP contribution < -0.4 is 14.2 Å². The number of aromatic nitrogens is 3. The molecule has 0 aliphatic rings. The molecule has 0 saturated heterocycles. The number of pyridine rings is 1. The molecule has 0 bridgehead atoms. The Balaban J connectivity index is 1.79. The van der Waals surface area contributed by atoms with E-state index in [2.05, 4.69) is 15.1 Å². The number of hydrogen-bond acceptors (Lipinski definition) is 7. The van der Waals surface area contributed by atoms with Crippen molar-refractivity contribution in [1.29, 1.82) is 0 Å². The van der Waals surface area contributed by atoms with Gasteiger partial charge in [-0.25, -0.2) is 4.98 Å². The lowest BCUT2D eigenvalue weighted by Gasteiger charge is -2.08. The van der Waals surface area contributed by atoms with Gasteiger partial charge >= 0.3 is 0 Å². The van der Waals surface area contributed by atoms with Crippen LogP contribution in [0.4, 0.5) is 0 Å². The van der Waals surface area contributed by atoms with E-state index in [9.17, 15) is 0 Å². The summed E-state index contributed by atoms with van der Waals surface area (Å²) < 4.78 is 21.6. The summed E-state index contributed by atoms with van der Waals surface area (Å²) in [5.41, 5.74) is 3.34. The molecule has 4 aromatic rings. The third kappa shape index (κ3) is 3.00. The predicted molar refractivity (Wildman–Crippen MR) is 105 cm³/mol. The first-order valence-electron chi connectivity index (χ1n) is 8.65. The second kappa shape index (κ2) is 7.19. The van der Waals surface area contributed by atoms with Gasteiger partial charge in [0.05, 0.1) is 32.4 Å². The van der Waals surface area contributed by atoms with Crippen LogP contribution in [-0.4, -0.2) is 36.5 Å². The average Bonchev–Trinajstić information content (AvgIpc) is 3.22. The summed E-state index contributed by atoms with van der Waals surface area (Å²) in [4.78, 5) is 9.15. The minimum atomic E-state index is 0.363. The van der Waals surface area contributed by atoms with Gasteiger partial charge in [0, 0.05) is 10.9 Å². The fourth-order valence-electron chi connectivity index (χ4n) is 3.07. The first kappa shape index (κ1) is 17.8. The SMILES string of the molecule is COc1ccc(-c2nc(-c3cc4cccc(C)c4nc3OC)no2)cc1OC. The van der Waals surface area contributed by atoms with Crippen LogP contribution in [0.3, 0.4) is 0 Å². The fraction of sp³-hybridized carbons (Fsp3) is 0.190. The minimum absolute atomic E-state index is 0.363. The molecule has 0 aliphatic carbocycles. The Kier molecular flexibility index (Phi) is 4.57. The van der Waals surface area contributed by atoms with Gasteiger partial charge < -0.3 is 18.7 Å². The van der Waals surface area contributed by atoms with Crippen LogP contribution >= 0.6 is 0 Å². The van der Waals surface area contributed by atoms with Gasteiger partial charge in [-0.3, -0.25) is 0 Å². The molecule has 28 heavy (non-hydrogen) atoms. The number of rotatable bonds is 5. The van der Waals surface area contributed by atoms with Crippen molar-refractivity contribution in [2.24, 2.45) is 0 Å². The molecule has 0 aliphatic heterocycles. The molecule has 0 amide bonds. The quantitative estimate of drug-likeness (QED) is 0.513. The lowest BCUT2D eigenvalue weighted by molar-refractivity contribution is 0.355. The Bertz CT molecular complexity index is 1150. The van der Waals surface area contributed by atoms with Crippen molar-refractivity contribution < 1.29 is 18.7 Å². The summed E-state index contributed by atoms with van der Waals surface area (Å²) in [6.45, 7) is 2.01. The van der Waals surface area contributed by atoms with E-state index in [1.54, 1.807) is 33.5 Å². The van der Waals surface area contributed by atoms with E-state index in [0.29, 0.717) is 34.7 Å². The summed E-state index contributed by atoms with van der Waals surface area (Å²) in [7, 11) is 4.74. The first-order valence-corrected chi connectivity index (χ1v) is 8.65. The van der Waals surface area contributed by atoms with Crippen LogP contribution in [0.25, 0.3) is 33.7 Å². The molecule has 2 heterocycles. The van der Waals surface area contributed by atoms with Gasteiger partial charge in [0.2, 0.25) is 11.7 Å². The van der Waals surface area contributed by atoms with Gasteiger partial charge in [-0.1, -0.05) is 23.4 Å². The number of benzene rings is 2. The topological polar surface area (TPSA) is 79.5 Å². The Morgan fingerprint density at radius 1 is 0.857 bits per heavy atom. The molecule has 0 atom stereocenters. The highest BCUT2D eigenvalue weighted by molar-refractivity contribution is 5.87. The summed E-state index contributed by atoms with van der Waals surface area (Å²) in [5.74, 6) is 2.42. The number of ether oxygens (including phenoxy) is 3. The number of fused-ring (bicyclic) bond motifs is 1. The molecule has 7 heteroatoms. The molecule has 0 saturated carbocycles. The van der Waals surface area contributed by atoms with E-state index in [0.717, 1.165) is 22.0 Å². The van der Waals surface area contributed by atoms with Crippen LogP contribution in [0.15, 0.2) is 47.0 Å². The molecular formula is C21H19N3O4. The number of para-hydroxylation sites is 1. The van der Waals surface area contributed by atoms with E-state index < -0.39 is 0 Å². The van der Waals surface area contributed by atoms with Gasteiger partial charge in [0.1, 0.15) is 0 Å². The van der Waals surface area contributed by atoms with E-state index in [-0.39, 0.29) is 0 Å². The number of aryl methyl sites for hydroxylation is 1. The third-order valence-corrected chi connectivity index (χ3v) is 4.50. The van der Waals surface area contributed by atoms with Crippen LogP contribution in [0, 0.1) is 6.92 Å². The summed E-state index contributed by atoms with van der Waals surface area (Å²) in [6, 6.07) is 13.4. The number of methoxy groups -OCH3 is 3. The fourth-order valence-corrected chi connectivity index (χ4v) is 3.07. The zero-order valence-corrected chi connectivity index (χ0v) is 16.0. The molecule has 2 aromatic heterocycles. The lowest BCUT2D eigenvalue weighted by Crippen LogP contribution is -1.95. The minimum Gasteiger partial charge on any atom is -0.493 e. The molecule has 0 spiro atoms. The van der Waals surface area contributed by atoms with Crippen molar-refractivity contribution in [3.05, 3.63) is 48.0 Å². The van der Waals surface area contributed by atoms with Crippen molar-refractivity contribution >= 4 is 10.9 Å². The second-order valence-corrected chi connectivity index (χ2v) is 6.18. The van der Waals surface area contributed by atoms with Gasteiger partial charge in [-0.05, 0) is 36.8 Å². The Morgan fingerprint density at radius 2 is 1.68 bits per heavy atom. The molecule has 0 N–H and O–H groups in total. The van der Waals surface area contributed by atoms with Crippen LogP contribution in [-0.2, 0) is 0 Å². The van der Waals surface area contributed by atoms with Gasteiger partial charge in [-0.15, -0.1) is 0 Å². The maximum Gasteiger partial charge on any atom is 0.258 e. The molecule has 0 unspecified atom stereocenters. The number of nitrogens with zero attached hydrogens (tertiary/aromatic N) is 3. The van der Waals surface area contributed by atoms with Crippen molar-refractivity contribution in [2.45, 2.75) is 6.92 Å². The third-order valence-electron chi connectivity index (χ3n) is 4.50. The largest absolute Gasteiger partial charge is 0.493 e. The molecular weight excluding hydrogens is 358 g/mol. The lowest BCUT2D eigenvalue weighted by atomic mass is 10.1. The predicted octanol–water partition coefficient (Wildman–Crippen LogP) is 4.29. The maximum absolute atomic E-state index is 5.48. The molecule has 7 nitrogen and oxygen atoms in total. The van der Waals surface area contributed by atoms with Gasteiger partial charge in [0.15, 0.2) is 11.5 Å². The van der Waals surface area contributed by atoms with E-state index in [4.69, 9.17) is 18.7 Å². The van der Waals surface area contributed by atoms with Crippen LogP contribution in [0.1, 0.15) is 5.56 Å². The van der Waals surface area contributed by atoms with Crippen LogP contribution in [0.5, 0.6) is 17.4 Å². The second-order valence-electron chi connectivity index (χ2n) is 6.18. The zero-order valence-electron chi connectivity index (χ0n) is 16.0. The van der Waals surface area contributed by atoms with Crippen molar-refractivity contribution in [2.75, 3.05) is 21.3 Å². The normalized spacial score (nSPS) is 10.9. The number of hydrogen-bond donors (Lipinski definition) is 0. The van der Waals surface area contributed by atoms with E-state index in [1.807, 2.05) is 37.3 Å². The van der Waals surface area contributed by atoms with Crippen molar-refractivity contribution in [1.82, 2.24) is 15.1 Å².